The van der Waals surface area contributed by atoms with Crippen molar-refractivity contribution in [3.8, 4) is 40.1 Å². The van der Waals surface area contributed by atoms with Crippen molar-refractivity contribution in [3.05, 3.63) is 120 Å². The minimum atomic E-state index is -2.24. The summed E-state index contributed by atoms with van der Waals surface area (Å²) in [4.78, 5) is 9.17. The number of nitrogens with zero attached hydrogens (tertiary/aromatic N) is 4. The summed E-state index contributed by atoms with van der Waals surface area (Å²) >= 11 is 0. The van der Waals surface area contributed by atoms with E-state index in [4.69, 9.17) is 9.72 Å². The van der Waals surface area contributed by atoms with E-state index in [2.05, 4.69) is 52.7 Å². The van der Waals surface area contributed by atoms with Crippen LogP contribution in [0, 0.1) is 29.1 Å². The first kappa shape index (κ1) is 29.1. The summed E-state index contributed by atoms with van der Waals surface area (Å²) in [6.07, 6.45) is 1.80. The summed E-state index contributed by atoms with van der Waals surface area (Å²) in [6.45, 7) is 6.44. The van der Waals surface area contributed by atoms with Crippen LogP contribution in [-0.4, -0.2) is 24.7 Å². The third-order valence-corrected chi connectivity index (χ3v) is 7.75. The summed E-state index contributed by atoms with van der Waals surface area (Å²) in [5, 5.41) is 8.38. The highest BCUT2D eigenvalue weighted by Crippen LogP contribution is 2.36. The zero-order chi connectivity index (χ0) is 32.3. The molecule has 7 aromatic rings. The maximum atomic E-state index is 14.4. The summed E-state index contributed by atoms with van der Waals surface area (Å²) < 4.78 is 78.1. The van der Waals surface area contributed by atoms with Crippen molar-refractivity contribution in [2.24, 2.45) is 0 Å². The lowest BCUT2D eigenvalue weighted by Gasteiger charge is -2.20. The Morgan fingerprint density at radius 3 is 2.17 bits per heavy atom. The summed E-state index contributed by atoms with van der Waals surface area (Å²) in [7, 11) is 0. The maximum absolute atomic E-state index is 14.4. The Kier molecular flexibility index (Phi) is 6.84. The quantitative estimate of drug-likeness (QED) is 0.118. The van der Waals surface area contributed by atoms with Gasteiger partial charge in [-0.15, -0.1) is 0 Å². The van der Waals surface area contributed by atoms with Crippen LogP contribution >= 0.6 is 0 Å². The largest absolute Gasteiger partial charge is 0.439 e. The van der Waals surface area contributed by atoms with Crippen molar-refractivity contribution in [2.45, 2.75) is 26.2 Å². The number of para-hydroxylation sites is 1. The van der Waals surface area contributed by atoms with Crippen LogP contribution in [0.5, 0.6) is 11.6 Å². The summed E-state index contributed by atoms with van der Waals surface area (Å²) in [5.74, 6) is -8.87. The number of fused-ring (bicyclic) bond motifs is 3. The molecule has 3 aromatic carbocycles. The topological polar surface area (TPSA) is 68.6 Å². The van der Waals surface area contributed by atoms with Gasteiger partial charge in [-0.05, 0) is 53.4 Å². The second-order valence-electron chi connectivity index (χ2n) is 11.8. The van der Waals surface area contributed by atoms with Crippen LogP contribution in [0.3, 0.4) is 0 Å². The number of ether oxygens (including phenoxy) is 1. The molecule has 6 nitrogen and oxygen atoms in total. The molecule has 0 atom stereocenters. The van der Waals surface area contributed by atoms with Crippen molar-refractivity contribution in [1.29, 1.82) is 0 Å². The SMILES string of the molecule is CC(C)(C)c1ccnc(-n2c3ccccc3c3ccc(Oc4cccc(-c5cc(-c6c(F)c(F)c(F)c(F)c6F)n[nH]5)n4)cc32)c1. The van der Waals surface area contributed by atoms with Gasteiger partial charge in [-0.25, -0.2) is 31.9 Å². The molecule has 0 amide bonds. The van der Waals surface area contributed by atoms with Crippen molar-refractivity contribution in [1.82, 2.24) is 24.7 Å². The van der Waals surface area contributed by atoms with E-state index in [9.17, 15) is 22.0 Å². The minimum absolute atomic E-state index is 0.0788. The van der Waals surface area contributed by atoms with Crippen LogP contribution in [0.1, 0.15) is 26.3 Å². The van der Waals surface area contributed by atoms with Crippen molar-refractivity contribution >= 4 is 21.8 Å². The predicted octanol–water partition coefficient (Wildman–Crippen LogP) is 9.42. The summed E-state index contributed by atoms with van der Waals surface area (Å²) in [5.41, 5.74) is 1.73. The van der Waals surface area contributed by atoms with Gasteiger partial charge in [-0.1, -0.05) is 45.0 Å². The van der Waals surface area contributed by atoms with Crippen LogP contribution in [0.25, 0.3) is 50.3 Å². The fourth-order valence-corrected chi connectivity index (χ4v) is 5.42. The maximum Gasteiger partial charge on any atom is 0.219 e. The molecule has 0 spiro atoms. The van der Waals surface area contributed by atoms with Gasteiger partial charge < -0.3 is 4.74 Å². The molecule has 46 heavy (non-hydrogen) atoms. The monoisotopic (exact) mass is 625 g/mol. The molecule has 7 rings (SSSR count). The van der Waals surface area contributed by atoms with Crippen LogP contribution < -0.4 is 4.74 Å². The first-order chi connectivity index (χ1) is 22.0. The first-order valence-corrected chi connectivity index (χ1v) is 14.2. The molecule has 0 aliphatic heterocycles. The lowest BCUT2D eigenvalue weighted by molar-refractivity contribution is 0.381. The molecular weight excluding hydrogens is 601 g/mol. The van der Waals surface area contributed by atoms with Gasteiger partial charge >= 0.3 is 0 Å². The molecule has 0 aliphatic rings. The number of benzene rings is 3. The molecule has 4 heterocycles. The lowest BCUT2D eigenvalue weighted by atomic mass is 9.88. The standard InChI is InChI=1S/C35H24F5N5O/c1-35(2,3)18-13-14-41-27(15-18)45-25-9-5-4-7-20(25)21-12-11-19(16-26(21)45)46-28-10-6-8-22(42-28)23-17-24(44-43-23)29-30(36)32(38)34(40)33(39)31(29)37/h4-17H,1-3H3,(H,43,44). The van der Waals surface area contributed by atoms with Gasteiger partial charge in [0.15, 0.2) is 23.3 Å². The Bertz CT molecular complexity index is 2270. The van der Waals surface area contributed by atoms with Crippen molar-refractivity contribution < 1.29 is 26.7 Å². The number of rotatable bonds is 5. The molecule has 0 unspecified atom stereocenters. The van der Waals surface area contributed by atoms with Gasteiger partial charge in [-0.3, -0.25) is 9.67 Å². The van der Waals surface area contributed by atoms with Crippen LogP contribution in [0.15, 0.2) is 85.1 Å². The van der Waals surface area contributed by atoms with E-state index in [1.807, 2.05) is 42.5 Å². The summed E-state index contributed by atoms with van der Waals surface area (Å²) in [6, 6.07) is 23.8. The fraction of sp³-hybridized carbons (Fsp3) is 0.114. The molecule has 4 aromatic heterocycles. The number of aromatic amines is 1. The molecule has 0 saturated heterocycles. The Hall–Kier alpha value is -5.58. The van der Waals surface area contributed by atoms with E-state index in [1.54, 1.807) is 24.4 Å². The molecule has 1 N–H and O–H groups in total. The lowest BCUT2D eigenvalue weighted by Crippen LogP contribution is -2.12. The van der Waals surface area contributed by atoms with Gasteiger partial charge in [0.05, 0.1) is 33.7 Å². The predicted molar refractivity (Wildman–Crippen MR) is 164 cm³/mol. The molecule has 0 saturated carbocycles. The van der Waals surface area contributed by atoms with Crippen LogP contribution in [0.2, 0.25) is 0 Å². The third kappa shape index (κ3) is 4.84. The number of hydrogen-bond donors (Lipinski definition) is 1. The van der Waals surface area contributed by atoms with Gasteiger partial charge in [0, 0.05) is 29.1 Å². The molecule has 11 heteroatoms. The number of halogens is 5. The van der Waals surface area contributed by atoms with E-state index >= 15 is 0 Å². The first-order valence-electron chi connectivity index (χ1n) is 14.2. The van der Waals surface area contributed by atoms with Gasteiger partial charge in [0.2, 0.25) is 11.7 Å². The van der Waals surface area contributed by atoms with Crippen molar-refractivity contribution in [2.75, 3.05) is 0 Å². The molecule has 0 bridgehead atoms. The molecule has 0 aliphatic carbocycles. The van der Waals surface area contributed by atoms with Gasteiger partial charge in [-0.2, -0.15) is 5.10 Å². The number of H-pyrrole nitrogens is 1. The zero-order valence-electron chi connectivity index (χ0n) is 24.7. The Morgan fingerprint density at radius 1 is 0.696 bits per heavy atom. The number of hydrogen-bond acceptors (Lipinski definition) is 4. The normalized spacial score (nSPS) is 11.9. The fourth-order valence-electron chi connectivity index (χ4n) is 5.42. The van der Waals surface area contributed by atoms with Crippen LogP contribution in [-0.2, 0) is 5.41 Å². The van der Waals surface area contributed by atoms with Gasteiger partial charge in [0.1, 0.15) is 11.6 Å². The Labute approximate surface area is 259 Å². The van der Waals surface area contributed by atoms with E-state index < -0.39 is 40.3 Å². The van der Waals surface area contributed by atoms with Gasteiger partial charge in [0.25, 0.3) is 0 Å². The number of pyridine rings is 2. The molecular formula is C35H24F5N5O. The molecule has 0 radical (unpaired) electrons. The molecule has 0 fully saturated rings. The average Bonchev–Trinajstić information content (AvgIpc) is 3.66. The van der Waals surface area contributed by atoms with E-state index in [0.717, 1.165) is 39.3 Å². The third-order valence-electron chi connectivity index (χ3n) is 7.75. The average molecular weight is 626 g/mol. The number of nitrogens with one attached hydrogen (secondary N) is 1. The zero-order valence-corrected chi connectivity index (χ0v) is 24.7. The van der Waals surface area contributed by atoms with E-state index in [0.29, 0.717) is 5.75 Å². The second-order valence-corrected chi connectivity index (χ2v) is 11.8. The smallest absolute Gasteiger partial charge is 0.219 e. The highest BCUT2D eigenvalue weighted by molar-refractivity contribution is 6.09. The number of aromatic nitrogens is 5. The van der Waals surface area contributed by atoms with Crippen molar-refractivity contribution in [3.63, 3.8) is 0 Å². The van der Waals surface area contributed by atoms with E-state index in [1.165, 1.54) is 0 Å². The Morgan fingerprint density at radius 2 is 1.41 bits per heavy atom. The minimum Gasteiger partial charge on any atom is -0.439 e. The van der Waals surface area contributed by atoms with Crippen LogP contribution in [0.4, 0.5) is 22.0 Å². The Balaban J connectivity index is 1.26. The van der Waals surface area contributed by atoms with E-state index in [-0.39, 0.29) is 22.7 Å². The highest BCUT2D eigenvalue weighted by Gasteiger charge is 2.28. The highest BCUT2D eigenvalue weighted by atomic mass is 19.2. The molecule has 230 valence electrons. The second kappa shape index (κ2) is 10.8.